The van der Waals surface area contributed by atoms with Gasteiger partial charge in [0.15, 0.2) is 0 Å². The standard InChI is InChI=1S/C15H28N2O/c1-12(10-14-11-18-9-7-16-14)17-8-6-13-4-2-3-5-15(13)17/h12-16H,2-11H2,1H3. The molecule has 3 nitrogen and oxygen atoms in total. The lowest BCUT2D eigenvalue weighted by Crippen LogP contribution is -2.47. The Hall–Kier alpha value is -0.120. The molecule has 0 spiro atoms. The van der Waals surface area contributed by atoms with Crippen LogP contribution in [0.1, 0.15) is 45.4 Å². The van der Waals surface area contributed by atoms with Crippen LogP contribution in [-0.2, 0) is 4.74 Å². The molecule has 2 heterocycles. The molecule has 3 aliphatic rings. The van der Waals surface area contributed by atoms with Gasteiger partial charge in [-0.3, -0.25) is 4.90 Å². The molecule has 0 aromatic heterocycles. The number of nitrogens with zero attached hydrogens (tertiary/aromatic N) is 1. The van der Waals surface area contributed by atoms with Gasteiger partial charge in [-0.15, -0.1) is 0 Å². The summed E-state index contributed by atoms with van der Waals surface area (Å²) in [6.45, 7) is 6.59. The van der Waals surface area contributed by atoms with Gasteiger partial charge in [-0.1, -0.05) is 12.8 Å². The Morgan fingerprint density at radius 1 is 1.28 bits per heavy atom. The van der Waals surface area contributed by atoms with Crippen molar-refractivity contribution in [2.45, 2.75) is 63.6 Å². The maximum absolute atomic E-state index is 5.57. The number of hydrogen-bond donors (Lipinski definition) is 1. The average Bonchev–Trinajstić information content (AvgIpc) is 2.84. The summed E-state index contributed by atoms with van der Waals surface area (Å²) in [5.41, 5.74) is 0. The Morgan fingerprint density at radius 3 is 3.00 bits per heavy atom. The molecule has 3 fully saturated rings. The fourth-order valence-corrected chi connectivity index (χ4v) is 4.31. The van der Waals surface area contributed by atoms with Gasteiger partial charge in [0.1, 0.15) is 0 Å². The van der Waals surface area contributed by atoms with Gasteiger partial charge < -0.3 is 10.1 Å². The van der Waals surface area contributed by atoms with Gasteiger partial charge in [-0.2, -0.15) is 0 Å². The van der Waals surface area contributed by atoms with E-state index in [1.54, 1.807) is 0 Å². The molecule has 0 bridgehead atoms. The second-order valence-electron chi connectivity index (χ2n) is 6.45. The predicted molar refractivity (Wildman–Crippen MR) is 73.8 cm³/mol. The topological polar surface area (TPSA) is 24.5 Å². The van der Waals surface area contributed by atoms with Crippen LogP contribution in [-0.4, -0.2) is 49.3 Å². The van der Waals surface area contributed by atoms with Crippen LogP contribution in [0.4, 0.5) is 0 Å². The number of rotatable bonds is 3. The van der Waals surface area contributed by atoms with Crippen LogP contribution in [0.25, 0.3) is 0 Å². The molecular weight excluding hydrogens is 224 g/mol. The Morgan fingerprint density at radius 2 is 2.17 bits per heavy atom. The summed E-state index contributed by atoms with van der Waals surface area (Å²) in [5, 5.41) is 3.59. The molecule has 4 atom stereocenters. The van der Waals surface area contributed by atoms with Crippen LogP contribution in [0, 0.1) is 5.92 Å². The molecule has 0 radical (unpaired) electrons. The first kappa shape index (κ1) is 12.9. The van der Waals surface area contributed by atoms with E-state index in [4.69, 9.17) is 4.74 Å². The third-order valence-corrected chi connectivity index (χ3v) is 5.24. The lowest BCUT2D eigenvalue weighted by atomic mass is 9.85. The zero-order chi connectivity index (χ0) is 12.4. The van der Waals surface area contributed by atoms with Crippen LogP contribution in [0.15, 0.2) is 0 Å². The van der Waals surface area contributed by atoms with Gasteiger partial charge in [0.2, 0.25) is 0 Å². The summed E-state index contributed by atoms with van der Waals surface area (Å²) in [7, 11) is 0. The highest BCUT2D eigenvalue weighted by atomic mass is 16.5. The maximum Gasteiger partial charge on any atom is 0.0620 e. The number of hydrogen-bond acceptors (Lipinski definition) is 3. The van der Waals surface area contributed by atoms with E-state index in [-0.39, 0.29) is 0 Å². The van der Waals surface area contributed by atoms with E-state index >= 15 is 0 Å². The van der Waals surface area contributed by atoms with Crippen molar-refractivity contribution < 1.29 is 4.74 Å². The van der Waals surface area contributed by atoms with Crippen LogP contribution in [0.2, 0.25) is 0 Å². The zero-order valence-electron chi connectivity index (χ0n) is 11.7. The van der Waals surface area contributed by atoms with Gasteiger partial charge >= 0.3 is 0 Å². The molecule has 1 N–H and O–H groups in total. The zero-order valence-corrected chi connectivity index (χ0v) is 11.7. The van der Waals surface area contributed by atoms with Gasteiger partial charge in [0.05, 0.1) is 13.2 Å². The summed E-state index contributed by atoms with van der Waals surface area (Å²) < 4.78 is 5.57. The predicted octanol–water partition coefficient (Wildman–Crippen LogP) is 2.02. The number of nitrogens with one attached hydrogen (secondary N) is 1. The highest BCUT2D eigenvalue weighted by Gasteiger charge is 2.38. The Bertz CT molecular complexity index is 265. The average molecular weight is 252 g/mol. The summed E-state index contributed by atoms with van der Waals surface area (Å²) in [6, 6.07) is 2.20. The van der Waals surface area contributed by atoms with E-state index in [0.717, 1.165) is 37.8 Å². The molecule has 0 amide bonds. The minimum Gasteiger partial charge on any atom is -0.379 e. The van der Waals surface area contributed by atoms with Gasteiger partial charge in [-0.25, -0.2) is 0 Å². The normalized spacial score (nSPS) is 39.5. The SMILES string of the molecule is CC(CC1COCCN1)N1CCC2CCCCC21. The van der Waals surface area contributed by atoms with Crippen molar-refractivity contribution in [3.8, 4) is 0 Å². The third kappa shape index (κ3) is 2.73. The third-order valence-electron chi connectivity index (χ3n) is 5.24. The molecule has 18 heavy (non-hydrogen) atoms. The molecule has 2 saturated heterocycles. The van der Waals surface area contributed by atoms with Gasteiger partial charge in [0.25, 0.3) is 0 Å². The van der Waals surface area contributed by atoms with Crippen LogP contribution < -0.4 is 5.32 Å². The molecule has 1 saturated carbocycles. The van der Waals surface area contributed by atoms with E-state index in [9.17, 15) is 0 Å². The van der Waals surface area contributed by atoms with Gasteiger partial charge in [0, 0.05) is 24.7 Å². The van der Waals surface area contributed by atoms with Gasteiger partial charge in [-0.05, 0) is 45.1 Å². The smallest absolute Gasteiger partial charge is 0.0620 e. The van der Waals surface area contributed by atoms with Crippen LogP contribution >= 0.6 is 0 Å². The second-order valence-corrected chi connectivity index (χ2v) is 6.45. The fraction of sp³-hybridized carbons (Fsp3) is 1.00. The molecule has 2 aliphatic heterocycles. The van der Waals surface area contributed by atoms with Crippen molar-refractivity contribution >= 4 is 0 Å². The molecule has 0 aromatic rings. The summed E-state index contributed by atoms with van der Waals surface area (Å²) >= 11 is 0. The van der Waals surface area contributed by atoms with Crippen LogP contribution in [0.5, 0.6) is 0 Å². The Kier molecular flexibility index (Phi) is 4.22. The van der Waals surface area contributed by atoms with Crippen molar-refractivity contribution in [1.82, 2.24) is 10.2 Å². The first-order valence-electron chi connectivity index (χ1n) is 7.91. The largest absolute Gasteiger partial charge is 0.379 e. The monoisotopic (exact) mass is 252 g/mol. The minimum atomic E-state index is 0.580. The molecule has 1 aliphatic carbocycles. The van der Waals surface area contributed by atoms with E-state index < -0.39 is 0 Å². The molecule has 0 aromatic carbocycles. The second kappa shape index (κ2) is 5.89. The quantitative estimate of drug-likeness (QED) is 0.831. The fourth-order valence-electron chi connectivity index (χ4n) is 4.31. The molecular formula is C15H28N2O. The summed E-state index contributed by atoms with van der Waals surface area (Å²) in [4.78, 5) is 2.81. The van der Waals surface area contributed by atoms with E-state index in [1.807, 2.05) is 0 Å². The molecule has 3 rings (SSSR count). The van der Waals surface area contributed by atoms with Crippen molar-refractivity contribution in [2.75, 3.05) is 26.3 Å². The lowest BCUT2D eigenvalue weighted by molar-refractivity contribution is 0.0562. The minimum absolute atomic E-state index is 0.580. The number of ether oxygens (including phenoxy) is 1. The summed E-state index contributed by atoms with van der Waals surface area (Å²) in [5.74, 6) is 1.01. The first-order valence-corrected chi connectivity index (χ1v) is 7.91. The van der Waals surface area contributed by atoms with Crippen molar-refractivity contribution in [3.63, 3.8) is 0 Å². The van der Waals surface area contributed by atoms with E-state index in [0.29, 0.717) is 6.04 Å². The Labute approximate surface area is 111 Å². The first-order chi connectivity index (χ1) is 8.84. The van der Waals surface area contributed by atoms with Crippen LogP contribution in [0.3, 0.4) is 0 Å². The molecule has 104 valence electrons. The molecule has 3 heteroatoms. The van der Waals surface area contributed by atoms with Crippen molar-refractivity contribution in [3.05, 3.63) is 0 Å². The lowest BCUT2D eigenvalue weighted by Gasteiger charge is -2.37. The Balaban J connectivity index is 1.53. The number of fused-ring (bicyclic) bond motifs is 1. The van der Waals surface area contributed by atoms with E-state index in [2.05, 4.69) is 17.1 Å². The summed E-state index contributed by atoms with van der Waals surface area (Å²) in [6.07, 6.45) is 8.56. The molecule has 4 unspecified atom stereocenters. The van der Waals surface area contributed by atoms with E-state index in [1.165, 1.54) is 45.1 Å². The highest BCUT2D eigenvalue weighted by molar-refractivity contribution is 4.93. The van der Waals surface area contributed by atoms with Crippen molar-refractivity contribution in [1.29, 1.82) is 0 Å². The maximum atomic E-state index is 5.57. The number of likely N-dealkylation sites (tertiary alicyclic amines) is 1. The number of morpholine rings is 1. The highest BCUT2D eigenvalue weighted by Crippen LogP contribution is 2.37. The van der Waals surface area contributed by atoms with Crippen molar-refractivity contribution in [2.24, 2.45) is 5.92 Å².